The predicted molar refractivity (Wildman–Crippen MR) is 86.7 cm³/mol. The maximum atomic E-state index is 12.5. The molecule has 1 aliphatic rings. The summed E-state index contributed by atoms with van der Waals surface area (Å²) in [6.07, 6.45) is -0.344. The van der Waals surface area contributed by atoms with Gasteiger partial charge in [-0.05, 0) is 34.6 Å². The van der Waals surface area contributed by atoms with Gasteiger partial charge in [0.25, 0.3) is 0 Å². The van der Waals surface area contributed by atoms with Gasteiger partial charge in [0, 0.05) is 24.4 Å². The van der Waals surface area contributed by atoms with Crippen LogP contribution in [0.2, 0.25) is 0 Å². The Hall–Kier alpha value is -1.76. The quantitative estimate of drug-likeness (QED) is 0.612. The molecule has 0 saturated carbocycles. The Morgan fingerprint density at radius 2 is 2.04 bits per heavy atom. The molecular formula is C16H22N2O4S. The Morgan fingerprint density at radius 1 is 1.39 bits per heavy atom. The van der Waals surface area contributed by atoms with E-state index in [2.05, 4.69) is 4.98 Å². The van der Waals surface area contributed by atoms with Crippen molar-refractivity contribution in [2.24, 2.45) is 5.92 Å². The van der Waals surface area contributed by atoms with Crippen molar-refractivity contribution >= 4 is 29.0 Å². The summed E-state index contributed by atoms with van der Waals surface area (Å²) in [5.74, 6) is -1.33. The van der Waals surface area contributed by atoms with Gasteiger partial charge in [0.2, 0.25) is 0 Å². The van der Waals surface area contributed by atoms with Gasteiger partial charge in [0.1, 0.15) is 23.0 Å². The van der Waals surface area contributed by atoms with Gasteiger partial charge >= 0.3 is 6.09 Å². The molecule has 1 aromatic heterocycles. The number of rotatable bonds is 2. The molecule has 126 valence electrons. The van der Waals surface area contributed by atoms with Crippen molar-refractivity contribution in [2.75, 3.05) is 6.54 Å². The molecular weight excluding hydrogens is 316 g/mol. The molecule has 0 spiro atoms. The maximum Gasteiger partial charge on any atom is 0.410 e. The summed E-state index contributed by atoms with van der Waals surface area (Å²) < 4.78 is 5.37. The van der Waals surface area contributed by atoms with Crippen molar-refractivity contribution in [2.45, 2.75) is 52.7 Å². The van der Waals surface area contributed by atoms with Crippen LogP contribution < -0.4 is 0 Å². The molecule has 2 heterocycles. The van der Waals surface area contributed by atoms with E-state index in [9.17, 15) is 14.4 Å². The Labute approximate surface area is 139 Å². The summed E-state index contributed by atoms with van der Waals surface area (Å²) in [5.41, 5.74) is -0.325. The molecule has 0 aromatic carbocycles. The second-order valence-electron chi connectivity index (χ2n) is 6.82. The number of aryl methyl sites for hydroxylation is 1. The zero-order valence-electron chi connectivity index (χ0n) is 14.1. The average Bonchev–Trinajstić information content (AvgIpc) is 2.82. The molecule has 2 atom stereocenters. The van der Waals surface area contributed by atoms with Crippen LogP contribution >= 0.6 is 11.3 Å². The minimum atomic E-state index is -0.861. The number of nitrogens with zero attached hydrogens (tertiary/aromatic N) is 2. The van der Waals surface area contributed by atoms with E-state index in [1.807, 2.05) is 0 Å². The first-order valence-electron chi connectivity index (χ1n) is 7.57. The van der Waals surface area contributed by atoms with Crippen LogP contribution in [0, 0.1) is 12.8 Å². The van der Waals surface area contributed by atoms with E-state index in [0.29, 0.717) is 5.69 Å². The lowest BCUT2D eigenvalue weighted by molar-refractivity contribution is -0.125. The van der Waals surface area contributed by atoms with Crippen molar-refractivity contribution in [3.8, 4) is 0 Å². The van der Waals surface area contributed by atoms with Gasteiger partial charge < -0.3 is 9.64 Å². The average molecular weight is 338 g/mol. The summed E-state index contributed by atoms with van der Waals surface area (Å²) >= 11 is 1.36. The molecule has 1 saturated heterocycles. The van der Waals surface area contributed by atoms with Crippen LogP contribution in [0.3, 0.4) is 0 Å². The lowest BCUT2D eigenvalue weighted by atomic mass is 9.88. The third-order valence-corrected chi connectivity index (χ3v) is 4.39. The van der Waals surface area contributed by atoms with Gasteiger partial charge in [0.05, 0.1) is 5.01 Å². The van der Waals surface area contributed by atoms with E-state index in [4.69, 9.17) is 4.74 Å². The molecule has 1 unspecified atom stereocenters. The third kappa shape index (κ3) is 4.16. The molecule has 2 rings (SSSR count). The molecule has 1 fully saturated rings. The highest BCUT2D eigenvalue weighted by atomic mass is 32.1. The normalized spacial score (nSPS) is 22.1. The fourth-order valence-electron chi connectivity index (χ4n) is 2.48. The fourth-order valence-corrected chi connectivity index (χ4v) is 3.08. The van der Waals surface area contributed by atoms with E-state index in [1.165, 1.54) is 16.2 Å². The number of likely N-dealkylation sites (tertiary alicyclic amines) is 1. The number of carbonyl (C=O) groups excluding carboxylic acids is 3. The molecule has 0 radical (unpaired) electrons. The Kier molecular flexibility index (Phi) is 4.89. The topological polar surface area (TPSA) is 76.6 Å². The number of carbonyl (C=O) groups is 3. The van der Waals surface area contributed by atoms with Crippen LogP contribution in [0.1, 0.15) is 49.6 Å². The SMILES string of the molecule is Cc1nc(C(=O)C2CN(C(=O)OC(C)(C)C)[C@@H](C)CC2=O)cs1. The number of aromatic nitrogens is 1. The minimum absolute atomic E-state index is 0.0460. The molecule has 23 heavy (non-hydrogen) atoms. The number of amides is 1. The van der Waals surface area contributed by atoms with Crippen LogP contribution in [-0.2, 0) is 9.53 Å². The van der Waals surface area contributed by atoms with Crippen LogP contribution in [0.4, 0.5) is 4.79 Å². The monoisotopic (exact) mass is 338 g/mol. The smallest absolute Gasteiger partial charge is 0.410 e. The van der Waals surface area contributed by atoms with Gasteiger partial charge in [-0.2, -0.15) is 0 Å². The van der Waals surface area contributed by atoms with E-state index in [0.717, 1.165) is 5.01 Å². The van der Waals surface area contributed by atoms with E-state index in [1.54, 1.807) is 40.0 Å². The zero-order valence-corrected chi connectivity index (χ0v) is 14.9. The second kappa shape index (κ2) is 6.39. The Bertz CT molecular complexity index is 632. The number of hydrogen-bond donors (Lipinski definition) is 0. The number of thiazole rings is 1. The van der Waals surface area contributed by atoms with Crippen molar-refractivity contribution in [3.63, 3.8) is 0 Å². The Balaban J connectivity index is 2.17. The Morgan fingerprint density at radius 3 is 2.57 bits per heavy atom. The first-order valence-corrected chi connectivity index (χ1v) is 8.45. The van der Waals surface area contributed by atoms with Crippen LogP contribution in [-0.4, -0.2) is 45.7 Å². The zero-order chi connectivity index (χ0) is 17.4. The minimum Gasteiger partial charge on any atom is -0.444 e. The van der Waals surface area contributed by atoms with Crippen molar-refractivity contribution in [1.82, 2.24) is 9.88 Å². The number of ether oxygens (including phenoxy) is 1. The number of ketones is 2. The molecule has 1 amide bonds. The number of Topliss-reactive ketones (excluding diaryl/α,β-unsaturated/α-hetero) is 2. The van der Waals surface area contributed by atoms with Gasteiger partial charge in [-0.3, -0.25) is 9.59 Å². The van der Waals surface area contributed by atoms with Crippen molar-refractivity contribution in [1.29, 1.82) is 0 Å². The lowest BCUT2D eigenvalue weighted by Gasteiger charge is -2.37. The van der Waals surface area contributed by atoms with Gasteiger partial charge in [-0.15, -0.1) is 11.3 Å². The summed E-state index contributed by atoms with van der Waals surface area (Å²) in [7, 11) is 0. The van der Waals surface area contributed by atoms with Crippen LogP contribution in [0.15, 0.2) is 5.38 Å². The van der Waals surface area contributed by atoms with Gasteiger partial charge in [-0.25, -0.2) is 9.78 Å². The standard InChI is InChI=1S/C16H22N2O4S/c1-9-6-13(19)11(14(20)12-8-23-10(2)17-12)7-18(9)15(21)22-16(3,4)5/h8-9,11H,6-7H2,1-5H3/t9-,11?/m0/s1. The maximum absolute atomic E-state index is 12.5. The highest BCUT2D eigenvalue weighted by Gasteiger charge is 2.40. The predicted octanol–water partition coefficient (Wildman–Crippen LogP) is 2.85. The highest BCUT2D eigenvalue weighted by molar-refractivity contribution is 7.09. The number of piperidine rings is 1. The van der Waals surface area contributed by atoms with E-state index in [-0.39, 0.29) is 30.6 Å². The van der Waals surface area contributed by atoms with Gasteiger partial charge in [-0.1, -0.05) is 0 Å². The fraction of sp³-hybridized carbons (Fsp3) is 0.625. The summed E-state index contributed by atoms with van der Waals surface area (Å²) in [6, 6.07) is -0.279. The first-order chi connectivity index (χ1) is 10.6. The molecule has 6 nitrogen and oxygen atoms in total. The largest absolute Gasteiger partial charge is 0.444 e. The van der Waals surface area contributed by atoms with Crippen LogP contribution in [0.25, 0.3) is 0 Å². The van der Waals surface area contributed by atoms with Gasteiger partial charge in [0.15, 0.2) is 5.78 Å². The highest BCUT2D eigenvalue weighted by Crippen LogP contribution is 2.25. The van der Waals surface area contributed by atoms with E-state index >= 15 is 0 Å². The molecule has 1 aliphatic heterocycles. The molecule has 0 bridgehead atoms. The summed E-state index contributed by atoms with van der Waals surface area (Å²) in [6.45, 7) is 8.99. The molecule has 7 heteroatoms. The van der Waals surface area contributed by atoms with E-state index < -0.39 is 17.6 Å². The first kappa shape index (κ1) is 17.6. The summed E-state index contributed by atoms with van der Waals surface area (Å²) in [5, 5.41) is 2.43. The van der Waals surface area contributed by atoms with Crippen molar-refractivity contribution < 1.29 is 19.1 Å². The molecule has 0 aliphatic carbocycles. The number of hydrogen-bond acceptors (Lipinski definition) is 6. The van der Waals surface area contributed by atoms with Crippen molar-refractivity contribution in [3.05, 3.63) is 16.1 Å². The molecule has 1 aromatic rings. The third-order valence-electron chi connectivity index (χ3n) is 3.61. The summed E-state index contributed by atoms with van der Waals surface area (Å²) in [4.78, 5) is 42.7. The van der Waals surface area contributed by atoms with Crippen LogP contribution in [0.5, 0.6) is 0 Å². The second-order valence-corrected chi connectivity index (χ2v) is 7.88. The lowest BCUT2D eigenvalue weighted by Crippen LogP contribution is -2.52. The molecule has 0 N–H and O–H groups in total.